The molecule has 26 heavy (non-hydrogen) atoms. The van der Waals surface area contributed by atoms with E-state index in [1.54, 1.807) is 13.1 Å². The highest BCUT2D eigenvalue weighted by molar-refractivity contribution is 5.95. The zero-order valence-electron chi connectivity index (χ0n) is 15.4. The Labute approximate surface area is 153 Å². The first-order valence-electron chi connectivity index (χ1n) is 8.89. The van der Waals surface area contributed by atoms with E-state index in [4.69, 9.17) is 9.47 Å². The monoisotopic (exact) mass is 355 g/mol. The lowest BCUT2D eigenvalue weighted by Crippen LogP contribution is -2.35. The van der Waals surface area contributed by atoms with Crippen molar-refractivity contribution >= 4 is 5.91 Å². The number of amides is 1. The molecule has 0 aliphatic carbocycles. The Morgan fingerprint density at radius 1 is 1.19 bits per heavy atom. The molecule has 5 heteroatoms. The van der Waals surface area contributed by atoms with Crippen LogP contribution in [0.2, 0.25) is 0 Å². The van der Waals surface area contributed by atoms with Crippen LogP contribution in [0.15, 0.2) is 42.5 Å². The van der Waals surface area contributed by atoms with Crippen molar-refractivity contribution in [2.45, 2.75) is 39.3 Å². The fourth-order valence-electron chi connectivity index (χ4n) is 3.22. The molecule has 3 rings (SSSR count). The summed E-state index contributed by atoms with van der Waals surface area (Å²) in [6.07, 6.45) is 0.192. The third-order valence-electron chi connectivity index (χ3n) is 4.63. The zero-order valence-corrected chi connectivity index (χ0v) is 15.4. The van der Waals surface area contributed by atoms with Gasteiger partial charge in [-0.25, -0.2) is 0 Å². The standard InChI is InChI=1S/C21H25NO4/c1-13-9-19(23)26-20(10-13)25-18-8-7-16(11-14(18)2)15-5-4-6-17(12-15)21(24)22-3/h4-8,11-13,19-20,23H,9-10H2,1-3H3,(H,22,24). The van der Waals surface area contributed by atoms with Gasteiger partial charge in [0, 0.05) is 25.5 Å². The SMILES string of the molecule is CNC(=O)c1cccc(-c2ccc(OC3CC(C)CC(O)O3)c(C)c2)c1. The molecule has 1 aliphatic heterocycles. The number of rotatable bonds is 4. The maximum absolute atomic E-state index is 11.8. The lowest BCUT2D eigenvalue weighted by molar-refractivity contribution is -0.232. The van der Waals surface area contributed by atoms with Crippen LogP contribution in [-0.2, 0) is 4.74 Å². The molecule has 1 heterocycles. The molecule has 138 valence electrons. The number of carbonyl (C=O) groups excluding carboxylic acids is 1. The largest absolute Gasteiger partial charge is 0.465 e. The van der Waals surface area contributed by atoms with E-state index in [1.165, 1.54) is 0 Å². The van der Waals surface area contributed by atoms with Crippen LogP contribution in [-0.4, -0.2) is 30.6 Å². The van der Waals surface area contributed by atoms with Gasteiger partial charge >= 0.3 is 0 Å². The maximum atomic E-state index is 11.8. The molecule has 3 atom stereocenters. The molecule has 5 nitrogen and oxygen atoms in total. The van der Waals surface area contributed by atoms with Crippen LogP contribution < -0.4 is 10.1 Å². The number of aryl methyl sites for hydroxylation is 1. The lowest BCUT2D eigenvalue weighted by atomic mass is 10.00. The molecular formula is C21H25NO4. The van der Waals surface area contributed by atoms with Gasteiger partial charge in [0.1, 0.15) is 5.75 Å². The van der Waals surface area contributed by atoms with Gasteiger partial charge in [0.15, 0.2) is 6.29 Å². The van der Waals surface area contributed by atoms with E-state index >= 15 is 0 Å². The van der Waals surface area contributed by atoms with Crippen molar-refractivity contribution in [1.29, 1.82) is 0 Å². The van der Waals surface area contributed by atoms with Gasteiger partial charge in [-0.15, -0.1) is 0 Å². The van der Waals surface area contributed by atoms with Crippen molar-refractivity contribution in [1.82, 2.24) is 5.32 Å². The predicted octanol–water partition coefficient (Wildman–Crippen LogP) is 3.49. The molecule has 0 radical (unpaired) electrons. The summed E-state index contributed by atoms with van der Waals surface area (Å²) < 4.78 is 11.4. The van der Waals surface area contributed by atoms with Gasteiger partial charge < -0.3 is 19.9 Å². The van der Waals surface area contributed by atoms with Crippen molar-refractivity contribution in [3.8, 4) is 16.9 Å². The molecule has 2 aromatic carbocycles. The summed E-state index contributed by atoms with van der Waals surface area (Å²) in [4.78, 5) is 11.8. The smallest absolute Gasteiger partial charge is 0.251 e. The highest BCUT2D eigenvalue weighted by atomic mass is 16.7. The highest BCUT2D eigenvalue weighted by Gasteiger charge is 2.27. The molecule has 0 bridgehead atoms. The normalized spacial score (nSPS) is 22.7. The van der Waals surface area contributed by atoms with Crippen LogP contribution in [0.1, 0.15) is 35.7 Å². The van der Waals surface area contributed by atoms with E-state index in [0.717, 1.165) is 28.9 Å². The quantitative estimate of drug-likeness (QED) is 0.881. The minimum absolute atomic E-state index is 0.106. The molecule has 3 unspecified atom stereocenters. The molecule has 0 saturated carbocycles. The van der Waals surface area contributed by atoms with E-state index in [0.29, 0.717) is 17.9 Å². The van der Waals surface area contributed by atoms with Crippen LogP contribution in [0.25, 0.3) is 11.1 Å². The second-order valence-corrected chi connectivity index (χ2v) is 6.85. The average Bonchev–Trinajstić information content (AvgIpc) is 2.62. The Kier molecular flexibility index (Phi) is 5.59. The second kappa shape index (κ2) is 7.89. The number of nitrogens with one attached hydrogen (secondary N) is 1. The van der Waals surface area contributed by atoms with Crippen molar-refractivity contribution in [2.75, 3.05) is 7.05 Å². The van der Waals surface area contributed by atoms with Crippen LogP contribution in [0.4, 0.5) is 0 Å². The molecule has 1 amide bonds. The summed E-state index contributed by atoms with van der Waals surface area (Å²) >= 11 is 0. The molecular weight excluding hydrogens is 330 g/mol. The Balaban J connectivity index is 1.78. The van der Waals surface area contributed by atoms with E-state index in [1.807, 2.05) is 43.3 Å². The maximum Gasteiger partial charge on any atom is 0.251 e. The topological polar surface area (TPSA) is 67.8 Å². The zero-order chi connectivity index (χ0) is 18.7. The summed E-state index contributed by atoms with van der Waals surface area (Å²) in [5.41, 5.74) is 3.59. The van der Waals surface area contributed by atoms with E-state index in [2.05, 4.69) is 12.2 Å². The van der Waals surface area contributed by atoms with Crippen LogP contribution in [0.3, 0.4) is 0 Å². The fourth-order valence-corrected chi connectivity index (χ4v) is 3.22. The molecule has 2 aromatic rings. The summed E-state index contributed by atoms with van der Waals surface area (Å²) in [6.45, 7) is 4.06. The Bertz CT molecular complexity index is 779. The minimum atomic E-state index is -0.768. The van der Waals surface area contributed by atoms with Gasteiger partial charge in [-0.2, -0.15) is 0 Å². The molecule has 1 fully saturated rings. The van der Waals surface area contributed by atoms with E-state index in [-0.39, 0.29) is 5.91 Å². The third kappa shape index (κ3) is 4.23. The number of aliphatic hydroxyl groups excluding tert-OH is 1. The van der Waals surface area contributed by atoms with Gasteiger partial charge in [0.2, 0.25) is 6.29 Å². The summed E-state index contributed by atoms with van der Waals surface area (Å²) in [5.74, 6) is 0.990. The minimum Gasteiger partial charge on any atom is -0.465 e. The summed E-state index contributed by atoms with van der Waals surface area (Å²) in [5, 5.41) is 12.4. The van der Waals surface area contributed by atoms with E-state index < -0.39 is 12.6 Å². The molecule has 0 aromatic heterocycles. The molecule has 0 spiro atoms. The summed E-state index contributed by atoms with van der Waals surface area (Å²) in [7, 11) is 1.62. The molecule has 2 N–H and O–H groups in total. The summed E-state index contributed by atoms with van der Waals surface area (Å²) in [6, 6.07) is 13.4. The predicted molar refractivity (Wildman–Crippen MR) is 99.9 cm³/mol. The van der Waals surface area contributed by atoms with Crippen molar-refractivity contribution in [3.05, 3.63) is 53.6 Å². The van der Waals surface area contributed by atoms with Gasteiger partial charge in [-0.3, -0.25) is 4.79 Å². The number of aliphatic hydroxyl groups is 1. The number of ether oxygens (including phenoxy) is 2. The number of hydrogen-bond acceptors (Lipinski definition) is 4. The van der Waals surface area contributed by atoms with Crippen LogP contribution >= 0.6 is 0 Å². The average molecular weight is 355 g/mol. The first-order chi connectivity index (χ1) is 12.5. The number of carbonyl (C=O) groups is 1. The first kappa shape index (κ1) is 18.4. The first-order valence-corrected chi connectivity index (χ1v) is 8.89. The van der Waals surface area contributed by atoms with Crippen molar-refractivity contribution in [2.24, 2.45) is 5.92 Å². The van der Waals surface area contributed by atoms with Gasteiger partial charge in [-0.1, -0.05) is 25.1 Å². The van der Waals surface area contributed by atoms with Gasteiger partial charge in [-0.05, 0) is 53.8 Å². The third-order valence-corrected chi connectivity index (χ3v) is 4.63. The Hall–Kier alpha value is -2.37. The fraction of sp³-hybridized carbons (Fsp3) is 0.381. The van der Waals surface area contributed by atoms with Gasteiger partial charge in [0.25, 0.3) is 5.91 Å². The molecule has 1 saturated heterocycles. The molecule has 1 aliphatic rings. The second-order valence-electron chi connectivity index (χ2n) is 6.85. The van der Waals surface area contributed by atoms with Crippen LogP contribution in [0, 0.1) is 12.8 Å². The van der Waals surface area contributed by atoms with Gasteiger partial charge in [0.05, 0.1) is 0 Å². The van der Waals surface area contributed by atoms with Crippen molar-refractivity contribution < 1.29 is 19.4 Å². The van der Waals surface area contributed by atoms with Crippen LogP contribution in [0.5, 0.6) is 5.75 Å². The highest BCUT2D eigenvalue weighted by Crippen LogP contribution is 2.30. The number of hydrogen-bond donors (Lipinski definition) is 2. The van der Waals surface area contributed by atoms with E-state index in [9.17, 15) is 9.90 Å². The van der Waals surface area contributed by atoms with Crippen molar-refractivity contribution in [3.63, 3.8) is 0 Å². The lowest BCUT2D eigenvalue weighted by Gasteiger charge is -2.31. The Morgan fingerprint density at radius 2 is 1.96 bits per heavy atom. The number of benzene rings is 2. The Morgan fingerprint density at radius 3 is 2.65 bits per heavy atom.